The molecular formula is C9H20O. The van der Waals surface area contributed by atoms with Crippen LogP contribution in [0.4, 0.5) is 0 Å². The summed E-state index contributed by atoms with van der Waals surface area (Å²) in [5.74, 6) is 0.694. The molecule has 0 saturated heterocycles. The fourth-order valence-corrected chi connectivity index (χ4v) is 1.28. The van der Waals surface area contributed by atoms with Gasteiger partial charge in [-0.1, -0.05) is 26.7 Å². The second kappa shape index (κ2) is 3.97. The maximum Gasteiger partial charge on any atom is 0.0594 e. The minimum absolute atomic E-state index is 0.476. The minimum atomic E-state index is -0.476. The molecule has 0 atom stereocenters. The molecule has 0 aliphatic rings. The van der Waals surface area contributed by atoms with E-state index in [1.54, 1.807) is 0 Å². The first-order valence-corrected chi connectivity index (χ1v) is 4.22. The van der Waals surface area contributed by atoms with Gasteiger partial charge in [-0.25, -0.2) is 0 Å². The fraction of sp³-hybridized carbons (Fsp3) is 1.00. The van der Waals surface area contributed by atoms with Gasteiger partial charge in [-0.2, -0.15) is 0 Å². The molecule has 1 heteroatoms. The molecule has 1 nitrogen and oxygen atoms in total. The van der Waals surface area contributed by atoms with Crippen molar-refractivity contribution < 1.29 is 5.11 Å². The molecule has 0 rings (SSSR count). The van der Waals surface area contributed by atoms with Crippen molar-refractivity contribution in [1.29, 1.82) is 0 Å². The smallest absolute Gasteiger partial charge is 0.0594 e. The Morgan fingerprint density at radius 2 is 1.60 bits per heavy atom. The van der Waals surface area contributed by atoms with Gasteiger partial charge >= 0.3 is 0 Å². The first kappa shape index (κ1) is 9.96. The summed E-state index contributed by atoms with van der Waals surface area (Å²) in [5.41, 5.74) is -0.476. The van der Waals surface area contributed by atoms with E-state index in [1.165, 1.54) is 12.8 Å². The molecule has 0 heterocycles. The molecule has 0 bridgehead atoms. The third-order valence-electron chi connectivity index (χ3n) is 1.94. The monoisotopic (exact) mass is 144 g/mol. The standard InChI is InChI=1S/C9H20O/c1-5-8(6-2)7-9(3,4)10/h8,10H,5-7H2,1-4H3. The van der Waals surface area contributed by atoms with E-state index in [9.17, 15) is 5.11 Å². The van der Waals surface area contributed by atoms with Gasteiger partial charge in [0.2, 0.25) is 0 Å². The van der Waals surface area contributed by atoms with Gasteiger partial charge in [-0.15, -0.1) is 0 Å². The van der Waals surface area contributed by atoms with Gasteiger partial charge in [0, 0.05) is 0 Å². The van der Waals surface area contributed by atoms with Crippen molar-refractivity contribution in [1.82, 2.24) is 0 Å². The van der Waals surface area contributed by atoms with Crippen LogP contribution in [0.5, 0.6) is 0 Å². The molecule has 0 unspecified atom stereocenters. The van der Waals surface area contributed by atoms with Crippen LogP contribution in [-0.2, 0) is 0 Å². The van der Waals surface area contributed by atoms with Crippen LogP contribution < -0.4 is 0 Å². The van der Waals surface area contributed by atoms with Gasteiger partial charge in [0.1, 0.15) is 0 Å². The van der Waals surface area contributed by atoms with Crippen LogP contribution in [-0.4, -0.2) is 10.7 Å². The molecule has 0 saturated carbocycles. The zero-order valence-electron chi connectivity index (χ0n) is 7.65. The summed E-state index contributed by atoms with van der Waals surface area (Å²) in [4.78, 5) is 0. The predicted molar refractivity (Wildman–Crippen MR) is 45.0 cm³/mol. The van der Waals surface area contributed by atoms with Crippen molar-refractivity contribution in [2.24, 2.45) is 5.92 Å². The zero-order chi connectivity index (χ0) is 8.20. The molecule has 0 radical (unpaired) electrons. The molecule has 0 amide bonds. The Bertz CT molecular complexity index is 77.2. The summed E-state index contributed by atoms with van der Waals surface area (Å²) in [5, 5.41) is 9.45. The Hall–Kier alpha value is -0.0400. The van der Waals surface area contributed by atoms with E-state index >= 15 is 0 Å². The Morgan fingerprint density at radius 3 is 1.70 bits per heavy atom. The molecule has 1 N–H and O–H groups in total. The maximum absolute atomic E-state index is 9.45. The van der Waals surface area contributed by atoms with Crippen molar-refractivity contribution in [3.8, 4) is 0 Å². The minimum Gasteiger partial charge on any atom is -0.390 e. The second-order valence-electron chi connectivity index (χ2n) is 3.70. The first-order valence-electron chi connectivity index (χ1n) is 4.22. The quantitative estimate of drug-likeness (QED) is 0.643. The van der Waals surface area contributed by atoms with Crippen LogP contribution >= 0.6 is 0 Å². The van der Waals surface area contributed by atoms with E-state index < -0.39 is 5.60 Å². The van der Waals surface area contributed by atoms with Gasteiger partial charge in [-0.3, -0.25) is 0 Å². The molecule has 0 spiro atoms. The zero-order valence-corrected chi connectivity index (χ0v) is 7.65. The van der Waals surface area contributed by atoms with Crippen molar-refractivity contribution in [2.75, 3.05) is 0 Å². The lowest BCUT2D eigenvalue weighted by Gasteiger charge is -2.22. The lowest BCUT2D eigenvalue weighted by Crippen LogP contribution is -2.22. The van der Waals surface area contributed by atoms with Crippen LogP contribution in [0.25, 0.3) is 0 Å². The van der Waals surface area contributed by atoms with Gasteiger partial charge in [0.05, 0.1) is 5.60 Å². The van der Waals surface area contributed by atoms with Crippen LogP contribution in [0, 0.1) is 5.92 Å². The Kier molecular flexibility index (Phi) is 3.95. The summed E-state index contributed by atoms with van der Waals surface area (Å²) >= 11 is 0. The van der Waals surface area contributed by atoms with E-state index in [2.05, 4.69) is 13.8 Å². The van der Waals surface area contributed by atoms with E-state index in [-0.39, 0.29) is 0 Å². The van der Waals surface area contributed by atoms with Crippen molar-refractivity contribution in [3.63, 3.8) is 0 Å². The Labute approximate surface area is 64.5 Å². The van der Waals surface area contributed by atoms with Gasteiger partial charge in [0.25, 0.3) is 0 Å². The Morgan fingerprint density at radius 1 is 1.20 bits per heavy atom. The summed E-state index contributed by atoms with van der Waals surface area (Å²) in [6.07, 6.45) is 3.29. The lowest BCUT2D eigenvalue weighted by atomic mass is 9.90. The molecule has 0 fully saturated rings. The third-order valence-corrected chi connectivity index (χ3v) is 1.94. The van der Waals surface area contributed by atoms with Gasteiger partial charge < -0.3 is 5.11 Å². The molecule has 10 heavy (non-hydrogen) atoms. The second-order valence-corrected chi connectivity index (χ2v) is 3.70. The number of hydrogen-bond acceptors (Lipinski definition) is 1. The average molecular weight is 144 g/mol. The summed E-state index contributed by atoms with van der Waals surface area (Å²) in [6.45, 7) is 8.12. The molecule has 0 aromatic rings. The molecular weight excluding hydrogens is 124 g/mol. The third kappa shape index (κ3) is 4.80. The highest BCUT2D eigenvalue weighted by Gasteiger charge is 2.17. The van der Waals surface area contributed by atoms with Gasteiger partial charge in [-0.05, 0) is 26.2 Å². The number of aliphatic hydroxyl groups is 1. The van der Waals surface area contributed by atoms with E-state index in [0.717, 1.165) is 6.42 Å². The number of rotatable bonds is 4. The maximum atomic E-state index is 9.45. The normalized spacial score (nSPS) is 12.6. The van der Waals surface area contributed by atoms with E-state index in [4.69, 9.17) is 0 Å². The highest BCUT2D eigenvalue weighted by atomic mass is 16.3. The highest BCUT2D eigenvalue weighted by Crippen LogP contribution is 2.20. The van der Waals surface area contributed by atoms with E-state index in [0.29, 0.717) is 5.92 Å². The SMILES string of the molecule is CCC(CC)CC(C)(C)O. The fourth-order valence-electron chi connectivity index (χ4n) is 1.28. The lowest BCUT2D eigenvalue weighted by molar-refractivity contribution is 0.0511. The van der Waals surface area contributed by atoms with Crippen LogP contribution in [0.3, 0.4) is 0 Å². The summed E-state index contributed by atoms with van der Waals surface area (Å²) < 4.78 is 0. The molecule has 0 aromatic carbocycles. The van der Waals surface area contributed by atoms with Crippen LogP contribution in [0.15, 0.2) is 0 Å². The number of hydrogen-bond donors (Lipinski definition) is 1. The van der Waals surface area contributed by atoms with Crippen LogP contribution in [0.1, 0.15) is 47.0 Å². The topological polar surface area (TPSA) is 20.2 Å². The molecule has 0 aliphatic carbocycles. The highest BCUT2D eigenvalue weighted by molar-refractivity contribution is 4.69. The van der Waals surface area contributed by atoms with Gasteiger partial charge in [0.15, 0.2) is 0 Å². The summed E-state index contributed by atoms with van der Waals surface area (Å²) in [6, 6.07) is 0. The molecule has 0 aliphatic heterocycles. The summed E-state index contributed by atoms with van der Waals surface area (Å²) in [7, 11) is 0. The van der Waals surface area contributed by atoms with E-state index in [1.807, 2.05) is 13.8 Å². The van der Waals surface area contributed by atoms with Crippen molar-refractivity contribution in [3.05, 3.63) is 0 Å². The molecule has 0 aromatic heterocycles. The first-order chi connectivity index (χ1) is 4.49. The largest absolute Gasteiger partial charge is 0.390 e. The van der Waals surface area contributed by atoms with Crippen molar-refractivity contribution in [2.45, 2.75) is 52.6 Å². The molecule has 62 valence electrons. The van der Waals surface area contributed by atoms with Crippen LogP contribution in [0.2, 0.25) is 0 Å². The predicted octanol–water partition coefficient (Wildman–Crippen LogP) is 2.58. The Balaban J connectivity index is 3.63. The van der Waals surface area contributed by atoms with Crippen molar-refractivity contribution >= 4 is 0 Å². The average Bonchev–Trinajstić information content (AvgIpc) is 1.81.